The quantitative estimate of drug-likeness (QED) is 0.692. The molecule has 1 unspecified atom stereocenters. The van der Waals surface area contributed by atoms with Crippen molar-refractivity contribution in [3.05, 3.63) is 64.8 Å². The summed E-state index contributed by atoms with van der Waals surface area (Å²) in [7, 11) is 0. The SMILES string of the molecule is Cc1ccc2c(C(=O)c3cccc(C(F)(F)F)c3)nn(C(C)C(=O)O)c2c1. The Morgan fingerprint density at radius 2 is 1.85 bits per heavy atom. The lowest BCUT2D eigenvalue weighted by atomic mass is 10.0. The summed E-state index contributed by atoms with van der Waals surface area (Å²) in [5, 5.41) is 13.8. The van der Waals surface area contributed by atoms with Crippen LogP contribution in [0.3, 0.4) is 0 Å². The van der Waals surface area contributed by atoms with E-state index in [0.29, 0.717) is 10.9 Å². The Hall–Kier alpha value is -3.16. The maximum atomic E-state index is 12.9. The van der Waals surface area contributed by atoms with E-state index in [9.17, 15) is 27.9 Å². The Balaban J connectivity index is 2.17. The summed E-state index contributed by atoms with van der Waals surface area (Å²) in [5.74, 6) is -1.84. The lowest BCUT2D eigenvalue weighted by Gasteiger charge is -2.08. The molecule has 0 bridgehead atoms. The molecule has 0 saturated carbocycles. The molecule has 0 aliphatic carbocycles. The van der Waals surface area contributed by atoms with E-state index in [1.54, 1.807) is 25.1 Å². The summed E-state index contributed by atoms with van der Waals surface area (Å²) in [6.07, 6.45) is -4.58. The predicted molar refractivity (Wildman–Crippen MR) is 91.7 cm³/mol. The van der Waals surface area contributed by atoms with Crippen LogP contribution >= 0.6 is 0 Å². The Morgan fingerprint density at radius 3 is 2.48 bits per heavy atom. The molecule has 0 fully saturated rings. The first kappa shape index (κ1) is 18.6. The molecule has 5 nitrogen and oxygen atoms in total. The van der Waals surface area contributed by atoms with Gasteiger partial charge in [-0.2, -0.15) is 18.3 Å². The van der Waals surface area contributed by atoms with E-state index in [1.807, 2.05) is 0 Å². The molecule has 0 aliphatic heterocycles. The van der Waals surface area contributed by atoms with Crippen LogP contribution in [-0.4, -0.2) is 26.6 Å². The summed E-state index contributed by atoms with van der Waals surface area (Å²) in [4.78, 5) is 24.2. The highest BCUT2D eigenvalue weighted by molar-refractivity contribution is 6.15. The van der Waals surface area contributed by atoms with Gasteiger partial charge in [0.15, 0.2) is 0 Å². The Labute approximate surface area is 152 Å². The van der Waals surface area contributed by atoms with Crippen molar-refractivity contribution in [1.82, 2.24) is 9.78 Å². The molecule has 0 spiro atoms. The van der Waals surface area contributed by atoms with Crippen LogP contribution in [0.5, 0.6) is 0 Å². The number of aryl methyl sites for hydroxylation is 1. The zero-order valence-corrected chi connectivity index (χ0v) is 14.4. The number of halogens is 3. The number of carboxylic acid groups (broad SMARTS) is 1. The van der Waals surface area contributed by atoms with Crippen LogP contribution < -0.4 is 0 Å². The minimum absolute atomic E-state index is 0.0857. The van der Waals surface area contributed by atoms with Gasteiger partial charge in [-0.25, -0.2) is 4.79 Å². The van der Waals surface area contributed by atoms with Crippen LogP contribution in [0.25, 0.3) is 10.9 Å². The standard InChI is InChI=1S/C19H15F3N2O3/c1-10-6-7-14-15(8-10)24(11(2)18(26)27)23-16(14)17(25)12-4-3-5-13(9-12)19(20,21)22/h3-9,11H,1-2H3,(H,26,27). The summed E-state index contributed by atoms with van der Waals surface area (Å²) < 4.78 is 40.0. The predicted octanol–water partition coefficient (Wildman–Crippen LogP) is 4.24. The molecule has 3 rings (SSSR count). The number of alkyl halides is 3. The fourth-order valence-electron chi connectivity index (χ4n) is 2.79. The number of hydrogen-bond donors (Lipinski definition) is 1. The number of carbonyl (C=O) groups excluding carboxylic acids is 1. The van der Waals surface area contributed by atoms with E-state index in [2.05, 4.69) is 5.10 Å². The summed E-state index contributed by atoms with van der Waals surface area (Å²) in [6.45, 7) is 3.21. The third-order valence-corrected chi connectivity index (χ3v) is 4.25. The molecule has 1 atom stereocenters. The minimum atomic E-state index is -4.58. The lowest BCUT2D eigenvalue weighted by Crippen LogP contribution is -2.17. The summed E-state index contributed by atoms with van der Waals surface area (Å²) >= 11 is 0. The van der Waals surface area contributed by atoms with Gasteiger partial charge in [-0.05, 0) is 37.6 Å². The highest BCUT2D eigenvalue weighted by Gasteiger charge is 2.31. The topological polar surface area (TPSA) is 72.2 Å². The molecule has 1 heterocycles. The number of ketones is 1. The Bertz CT molecular complexity index is 1050. The molecule has 0 saturated heterocycles. The molecule has 0 aliphatic rings. The second kappa shape index (κ2) is 6.53. The number of benzene rings is 2. The Kier molecular flexibility index (Phi) is 4.51. The van der Waals surface area contributed by atoms with Gasteiger partial charge < -0.3 is 5.11 Å². The molecule has 0 amide bonds. The molecule has 1 aromatic heterocycles. The van der Waals surface area contributed by atoms with Gasteiger partial charge in [-0.15, -0.1) is 0 Å². The number of carbonyl (C=O) groups is 2. The average molecular weight is 376 g/mol. The lowest BCUT2D eigenvalue weighted by molar-refractivity contribution is -0.140. The smallest absolute Gasteiger partial charge is 0.416 e. The van der Waals surface area contributed by atoms with E-state index >= 15 is 0 Å². The number of aromatic nitrogens is 2. The van der Waals surface area contributed by atoms with Crippen LogP contribution in [0.15, 0.2) is 42.5 Å². The monoisotopic (exact) mass is 376 g/mol. The minimum Gasteiger partial charge on any atom is -0.480 e. The van der Waals surface area contributed by atoms with Crippen molar-refractivity contribution in [2.75, 3.05) is 0 Å². The van der Waals surface area contributed by atoms with Crippen molar-refractivity contribution >= 4 is 22.7 Å². The van der Waals surface area contributed by atoms with Gasteiger partial charge in [0.2, 0.25) is 5.78 Å². The first-order valence-corrected chi connectivity index (χ1v) is 8.03. The molecule has 1 N–H and O–H groups in total. The van der Waals surface area contributed by atoms with Crippen molar-refractivity contribution in [3.8, 4) is 0 Å². The van der Waals surface area contributed by atoms with Gasteiger partial charge in [-0.1, -0.05) is 24.3 Å². The third-order valence-electron chi connectivity index (χ3n) is 4.25. The average Bonchev–Trinajstić information content (AvgIpc) is 2.98. The van der Waals surface area contributed by atoms with Crippen molar-refractivity contribution in [3.63, 3.8) is 0 Å². The molecule has 8 heteroatoms. The second-order valence-corrected chi connectivity index (χ2v) is 6.24. The molecule has 0 radical (unpaired) electrons. The van der Waals surface area contributed by atoms with Crippen LogP contribution in [0.2, 0.25) is 0 Å². The van der Waals surface area contributed by atoms with Crippen molar-refractivity contribution in [2.24, 2.45) is 0 Å². The second-order valence-electron chi connectivity index (χ2n) is 6.24. The highest BCUT2D eigenvalue weighted by Crippen LogP contribution is 2.31. The Morgan fingerprint density at radius 1 is 1.15 bits per heavy atom. The van der Waals surface area contributed by atoms with E-state index in [1.165, 1.54) is 17.7 Å². The van der Waals surface area contributed by atoms with E-state index in [4.69, 9.17) is 0 Å². The van der Waals surface area contributed by atoms with Crippen LogP contribution in [0, 0.1) is 6.92 Å². The maximum absolute atomic E-state index is 12.9. The number of rotatable bonds is 4. The third kappa shape index (κ3) is 3.42. The normalized spacial score (nSPS) is 12.9. The number of carboxylic acids is 1. The zero-order chi connectivity index (χ0) is 19.9. The fourth-order valence-corrected chi connectivity index (χ4v) is 2.79. The van der Waals surface area contributed by atoms with Gasteiger partial charge in [-0.3, -0.25) is 9.48 Å². The number of fused-ring (bicyclic) bond motifs is 1. The summed E-state index contributed by atoms with van der Waals surface area (Å²) in [5.41, 5.74) is 0.0729. The molecular weight excluding hydrogens is 361 g/mol. The molecular formula is C19H15F3N2O3. The largest absolute Gasteiger partial charge is 0.480 e. The first-order valence-electron chi connectivity index (χ1n) is 8.03. The van der Waals surface area contributed by atoms with Crippen LogP contribution in [0.1, 0.15) is 40.1 Å². The molecule has 27 heavy (non-hydrogen) atoms. The van der Waals surface area contributed by atoms with E-state index in [0.717, 1.165) is 23.8 Å². The van der Waals surface area contributed by atoms with Gasteiger partial charge in [0.05, 0.1) is 11.1 Å². The fraction of sp³-hybridized carbons (Fsp3) is 0.211. The molecule has 140 valence electrons. The van der Waals surface area contributed by atoms with E-state index < -0.39 is 29.5 Å². The van der Waals surface area contributed by atoms with Gasteiger partial charge in [0.25, 0.3) is 0 Å². The number of aliphatic carboxylic acids is 1. The van der Waals surface area contributed by atoms with Gasteiger partial charge in [0.1, 0.15) is 11.7 Å². The number of nitrogens with zero attached hydrogens (tertiary/aromatic N) is 2. The van der Waals surface area contributed by atoms with Crippen molar-refractivity contribution in [2.45, 2.75) is 26.1 Å². The summed E-state index contributed by atoms with van der Waals surface area (Å²) in [6, 6.07) is 8.05. The highest BCUT2D eigenvalue weighted by atomic mass is 19.4. The van der Waals surface area contributed by atoms with Crippen molar-refractivity contribution in [1.29, 1.82) is 0 Å². The van der Waals surface area contributed by atoms with Crippen molar-refractivity contribution < 1.29 is 27.9 Å². The molecule has 2 aromatic carbocycles. The molecule has 3 aromatic rings. The van der Waals surface area contributed by atoms with Crippen LogP contribution in [-0.2, 0) is 11.0 Å². The van der Waals surface area contributed by atoms with E-state index in [-0.39, 0.29) is 11.3 Å². The zero-order valence-electron chi connectivity index (χ0n) is 14.4. The first-order chi connectivity index (χ1) is 12.6. The van der Waals surface area contributed by atoms with Gasteiger partial charge >= 0.3 is 12.1 Å². The maximum Gasteiger partial charge on any atom is 0.416 e. The van der Waals surface area contributed by atoms with Gasteiger partial charge in [0, 0.05) is 10.9 Å². The van der Waals surface area contributed by atoms with Crippen LogP contribution in [0.4, 0.5) is 13.2 Å². The number of hydrogen-bond acceptors (Lipinski definition) is 3.